The number of allylic oxidation sites excluding steroid dienone is 1. The van der Waals surface area contributed by atoms with E-state index in [-0.39, 0.29) is 11.1 Å². The molecule has 284 valence electrons. The number of rotatable bonds is 14. The fourth-order valence-corrected chi connectivity index (χ4v) is 7.26. The number of halogens is 1. The highest BCUT2D eigenvalue weighted by Gasteiger charge is 2.56. The fourth-order valence-electron chi connectivity index (χ4n) is 7.14. The van der Waals surface area contributed by atoms with Gasteiger partial charge in [0.05, 0.1) is 24.1 Å². The Labute approximate surface area is 338 Å². The number of methoxy groups -OCH3 is 1. The van der Waals surface area contributed by atoms with Crippen molar-refractivity contribution in [3.63, 3.8) is 0 Å². The molecule has 1 unspecified atom stereocenters. The number of hydrogen-bond donors (Lipinski definition) is 0. The monoisotopic (exact) mass is 772 g/mol. The van der Waals surface area contributed by atoms with E-state index in [2.05, 4.69) is 0 Å². The summed E-state index contributed by atoms with van der Waals surface area (Å²) in [5.41, 5.74) is 2.67. The van der Waals surface area contributed by atoms with Gasteiger partial charge in [0.25, 0.3) is 0 Å². The lowest BCUT2D eigenvalue weighted by Gasteiger charge is -2.44. The Kier molecular flexibility index (Phi) is 12.1. The van der Waals surface area contributed by atoms with Crippen LogP contribution >= 0.6 is 11.6 Å². The molecular formula is C49H41ClN2O5. The van der Waals surface area contributed by atoms with Gasteiger partial charge in [0.15, 0.2) is 0 Å². The van der Waals surface area contributed by atoms with Crippen LogP contribution in [0.5, 0.6) is 0 Å². The van der Waals surface area contributed by atoms with Gasteiger partial charge in [0.1, 0.15) is 5.57 Å². The quantitative estimate of drug-likeness (QED) is 0.0807. The van der Waals surface area contributed by atoms with Crippen LogP contribution in [0.1, 0.15) is 38.2 Å². The van der Waals surface area contributed by atoms with Crippen molar-refractivity contribution >= 4 is 29.3 Å². The molecule has 0 saturated heterocycles. The molecule has 57 heavy (non-hydrogen) atoms. The average molecular weight is 773 g/mol. The van der Waals surface area contributed by atoms with E-state index in [1.807, 2.05) is 137 Å². The second kappa shape index (κ2) is 17.8. The van der Waals surface area contributed by atoms with Crippen molar-refractivity contribution in [1.82, 2.24) is 9.80 Å². The summed E-state index contributed by atoms with van der Waals surface area (Å²) in [4.78, 5) is 48.7. The molecule has 0 aliphatic heterocycles. The van der Waals surface area contributed by atoms with Gasteiger partial charge in [0.2, 0.25) is 11.4 Å². The minimum absolute atomic E-state index is 0.236. The highest BCUT2D eigenvalue weighted by atomic mass is 35.5. The Morgan fingerprint density at radius 3 is 1.37 bits per heavy atom. The van der Waals surface area contributed by atoms with Gasteiger partial charge >= 0.3 is 11.9 Å². The van der Waals surface area contributed by atoms with Gasteiger partial charge in [-0.15, -0.1) is 0 Å². The molecule has 1 atom stereocenters. The highest BCUT2D eigenvalue weighted by molar-refractivity contribution is 6.30. The van der Waals surface area contributed by atoms with E-state index in [1.165, 1.54) is 7.11 Å². The van der Waals surface area contributed by atoms with Gasteiger partial charge in [-0.3, -0.25) is 4.79 Å². The van der Waals surface area contributed by atoms with Crippen molar-refractivity contribution in [3.05, 3.63) is 237 Å². The van der Waals surface area contributed by atoms with Gasteiger partial charge in [-0.05, 0) is 52.6 Å². The molecule has 0 saturated carbocycles. The number of benzene rings is 6. The summed E-state index contributed by atoms with van der Waals surface area (Å²) >= 11 is 6.46. The van der Waals surface area contributed by atoms with Crippen molar-refractivity contribution < 1.29 is 23.9 Å². The summed E-state index contributed by atoms with van der Waals surface area (Å²) in [6.45, 7) is 1.34. The Balaban J connectivity index is 1.54. The third-order valence-electron chi connectivity index (χ3n) is 9.88. The second-order valence-corrected chi connectivity index (χ2v) is 14.1. The van der Waals surface area contributed by atoms with E-state index in [9.17, 15) is 9.59 Å². The maximum Gasteiger partial charge on any atom is 0.343 e. The molecule has 0 heterocycles. The van der Waals surface area contributed by atoms with Crippen molar-refractivity contribution in [2.45, 2.75) is 31.8 Å². The first-order valence-corrected chi connectivity index (χ1v) is 19.0. The molecule has 8 heteroatoms. The summed E-state index contributed by atoms with van der Waals surface area (Å²) in [6.07, 6.45) is 1.83. The van der Waals surface area contributed by atoms with Crippen molar-refractivity contribution in [1.29, 1.82) is 0 Å². The first kappa shape index (κ1) is 38.6. The van der Waals surface area contributed by atoms with Crippen LogP contribution in [-0.2, 0) is 50.8 Å². The molecule has 0 radical (unpaired) electrons. The number of ether oxygens (including phenoxy) is 2. The molecule has 0 fully saturated rings. The van der Waals surface area contributed by atoms with E-state index < -0.39 is 23.3 Å². The lowest BCUT2D eigenvalue weighted by Crippen LogP contribution is -2.52. The molecule has 0 amide bonds. The zero-order valence-electron chi connectivity index (χ0n) is 31.5. The van der Waals surface area contributed by atoms with Crippen LogP contribution in [0, 0.1) is 0 Å². The number of hydrogen-bond acceptors (Lipinski definition) is 7. The third-order valence-corrected chi connectivity index (χ3v) is 10.1. The van der Waals surface area contributed by atoms with Crippen LogP contribution < -0.4 is 0 Å². The Morgan fingerprint density at radius 1 is 0.544 bits per heavy atom. The summed E-state index contributed by atoms with van der Waals surface area (Å²) in [7, 11) is 1.25. The van der Waals surface area contributed by atoms with Crippen LogP contribution in [0.4, 0.5) is 0 Å². The molecule has 1 aliphatic rings. The maximum atomic E-state index is 16.0. The highest BCUT2D eigenvalue weighted by Crippen LogP contribution is 2.46. The van der Waals surface area contributed by atoms with Crippen molar-refractivity contribution in [3.8, 4) is 0 Å². The topological polar surface area (TPSA) is 76.2 Å². The van der Waals surface area contributed by atoms with E-state index in [1.54, 1.807) is 54.6 Å². The summed E-state index contributed by atoms with van der Waals surface area (Å²) < 4.78 is 12.1. The van der Waals surface area contributed by atoms with Crippen LogP contribution in [0.2, 0.25) is 5.02 Å². The molecule has 0 aromatic heterocycles. The van der Waals surface area contributed by atoms with Crippen molar-refractivity contribution in [2.75, 3.05) is 7.11 Å². The number of Topliss-reactive ketones (excluding diaryl/α,β-unsaturated/α-hetero) is 1. The minimum atomic E-state index is -2.17. The van der Waals surface area contributed by atoms with Crippen LogP contribution in [0.25, 0.3) is 0 Å². The normalized spacial score (nSPS) is 15.1. The maximum absolute atomic E-state index is 16.0. The molecular weight excluding hydrogens is 732 g/mol. The van der Waals surface area contributed by atoms with Gasteiger partial charge in [-0.2, -0.15) is 0 Å². The fraction of sp³-hybridized carbons (Fsp3) is 0.122. The molecule has 0 bridgehead atoms. The van der Waals surface area contributed by atoms with Crippen LogP contribution in [-0.4, -0.2) is 34.6 Å². The smallest absolute Gasteiger partial charge is 0.343 e. The van der Waals surface area contributed by atoms with E-state index in [0.717, 1.165) is 22.3 Å². The van der Waals surface area contributed by atoms with Crippen molar-refractivity contribution in [2.24, 2.45) is 0 Å². The SMILES string of the molecule is COC(=O)C1=C(N(Cc2ccccc2)Cc2ccccc2)C=C(N(Cc2ccccc2)Cc2ccccc2)C(OC(=O)c2ccccc2)(c2ccc(Cl)cc2)C1=O. The van der Waals surface area contributed by atoms with E-state index >= 15 is 4.79 Å². The van der Waals surface area contributed by atoms with E-state index in [4.69, 9.17) is 21.1 Å². The van der Waals surface area contributed by atoms with E-state index in [0.29, 0.717) is 48.2 Å². The average Bonchev–Trinajstić information content (AvgIpc) is 3.25. The van der Waals surface area contributed by atoms with Gasteiger partial charge < -0.3 is 19.3 Å². The second-order valence-electron chi connectivity index (χ2n) is 13.7. The lowest BCUT2D eigenvalue weighted by atomic mass is 9.77. The molecule has 6 aromatic rings. The molecule has 0 N–H and O–H groups in total. The molecule has 1 aliphatic carbocycles. The summed E-state index contributed by atoms with van der Waals surface area (Å²) in [6, 6.07) is 54.6. The summed E-state index contributed by atoms with van der Waals surface area (Å²) in [5.74, 6) is -2.35. The zero-order valence-corrected chi connectivity index (χ0v) is 32.2. The number of esters is 2. The lowest BCUT2D eigenvalue weighted by molar-refractivity contribution is -0.143. The third kappa shape index (κ3) is 8.75. The number of carbonyl (C=O) groups excluding carboxylic acids is 3. The Bertz CT molecular complexity index is 2290. The number of nitrogens with zero attached hydrogens (tertiary/aromatic N) is 2. The van der Waals surface area contributed by atoms with Gasteiger partial charge in [-0.1, -0.05) is 163 Å². The number of carbonyl (C=O) groups is 3. The Hall–Kier alpha value is -6.70. The molecule has 7 rings (SSSR count). The number of ketones is 1. The van der Waals surface area contributed by atoms with Gasteiger partial charge in [-0.25, -0.2) is 9.59 Å². The zero-order chi connectivity index (χ0) is 39.6. The first-order chi connectivity index (χ1) is 27.9. The molecule has 7 nitrogen and oxygen atoms in total. The summed E-state index contributed by atoms with van der Waals surface area (Å²) in [5, 5.41) is 0.420. The van der Waals surface area contributed by atoms with Crippen LogP contribution in [0.15, 0.2) is 199 Å². The van der Waals surface area contributed by atoms with Gasteiger partial charge in [0, 0.05) is 36.8 Å². The first-order valence-electron chi connectivity index (χ1n) is 18.7. The van der Waals surface area contributed by atoms with Crippen LogP contribution in [0.3, 0.4) is 0 Å². The Morgan fingerprint density at radius 2 is 0.947 bits per heavy atom. The predicted molar refractivity (Wildman–Crippen MR) is 221 cm³/mol. The minimum Gasteiger partial charge on any atom is -0.465 e. The molecule has 0 spiro atoms. The standard InChI is InChI=1S/C49H41ClN2O5/c1-56-48(55)45-43(51(32-36-17-7-2-8-18-36)33-37-19-9-3-10-20-37)31-44(52(34-38-21-11-4-12-22-38)35-39-23-13-5-14-24-39)49(46(45)53,41-27-29-42(50)30-28-41)57-47(54)40-25-15-6-16-26-40/h2-31H,32-35H2,1H3. The predicted octanol–water partition coefficient (Wildman–Crippen LogP) is 9.69. The molecule has 6 aromatic carbocycles. The largest absolute Gasteiger partial charge is 0.465 e.